The largest absolute Gasteiger partial charge is 0.274 e. The van der Waals surface area contributed by atoms with Crippen LogP contribution in [0, 0.1) is 12.8 Å². The van der Waals surface area contributed by atoms with Gasteiger partial charge in [0.2, 0.25) is 0 Å². The van der Waals surface area contributed by atoms with Crippen molar-refractivity contribution in [1.82, 2.24) is 24.5 Å². The van der Waals surface area contributed by atoms with Gasteiger partial charge in [0.25, 0.3) is 0 Å². The third kappa shape index (κ3) is 2.27. The van der Waals surface area contributed by atoms with Crippen molar-refractivity contribution in [2.75, 3.05) is 0 Å². The molecule has 0 amide bonds. The molecule has 3 aromatic rings. The molecule has 0 bridgehead atoms. The summed E-state index contributed by atoms with van der Waals surface area (Å²) in [7, 11) is 1.91. The molecule has 22 heavy (non-hydrogen) atoms. The number of thiophene rings is 1. The van der Waals surface area contributed by atoms with E-state index >= 15 is 0 Å². The Labute approximate surface area is 133 Å². The monoisotopic (exact) mass is 313 g/mol. The van der Waals surface area contributed by atoms with Crippen molar-refractivity contribution in [1.29, 1.82) is 0 Å². The minimum atomic E-state index is 0.785. The van der Waals surface area contributed by atoms with Gasteiger partial charge in [-0.1, -0.05) is 6.92 Å². The lowest BCUT2D eigenvalue weighted by Gasteiger charge is -2.16. The van der Waals surface area contributed by atoms with Crippen LogP contribution in [0.25, 0.3) is 16.4 Å². The van der Waals surface area contributed by atoms with Crippen LogP contribution in [-0.4, -0.2) is 24.5 Å². The van der Waals surface area contributed by atoms with Crippen molar-refractivity contribution >= 4 is 11.3 Å². The molecule has 114 valence electrons. The van der Waals surface area contributed by atoms with E-state index in [9.17, 15) is 0 Å². The Morgan fingerprint density at radius 2 is 2.23 bits per heavy atom. The molecule has 0 fully saturated rings. The van der Waals surface area contributed by atoms with Crippen LogP contribution in [0.2, 0.25) is 0 Å². The van der Waals surface area contributed by atoms with Gasteiger partial charge >= 0.3 is 0 Å². The minimum absolute atomic E-state index is 0.785. The van der Waals surface area contributed by atoms with Crippen LogP contribution in [0.3, 0.4) is 0 Å². The average Bonchev–Trinajstić information content (AvgIpc) is 3.15. The molecule has 5 nitrogen and oxygen atoms in total. The van der Waals surface area contributed by atoms with Crippen molar-refractivity contribution < 1.29 is 0 Å². The summed E-state index contributed by atoms with van der Waals surface area (Å²) < 4.78 is 3.69. The number of nitrogens with zero attached hydrogens (tertiary/aromatic N) is 5. The van der Waals surface area contributed by atoms with Gasteiger partial charge in [0.15, 0.2) is 5.82 Å². The Bertz CT molecular complexity index is 826. The highest BCUT2D eigenvalue weighted by Gasteiger charge is 2.21. The lowest BCUT2D eigenvalue weighted by Crippen LogP contribution is -2.08. The summed E-state index contributed by atoms with van der Waals surface area (Å²) >= 11 is 1.87. The van der Waals surface area contributed by atoms with E-state index in [0.29, 0.717) is 0 Å². The third-order valence-electron chi connectivity index (χ3n) is 4.20. The van der Waals surface area contributed by atoms with Crippen LogP contribution in [-0.2, 0) is 19.9 Å². The molecular weight excluding hydrogens is 294 g/mol. The van der Waals surface area contributed by atoms with E-state index in [1.807, 2.05) is 42.4 Å². The normalized spacial score (nSPS) is 17.7. The van der Waals surface area contributed by atoms with Gasteiger partial charge < -0.3 is 0 Å². The van der Waals surface area contributed by atoms with Crippen LogP contribution in [0.1, 0.15) is 29.6 Å². The highest BCUT2D eigenvalue weighted by atomic mass is 32.1. The molecule has 0 saturated heterocycles. The van der Waals surface area contributed by atoms with E-state index in [1.54, 1.807) is 4.68 Å². The maximum atomic E-state index is 4.65. The molecule has 0 saturated carbocycles. The Morgan fingerprint density at radius 1 is 1.36 bits per heavy atom. The lowest BCUT2D eigenvalue weighted by molar-refractivity contribution is 0.506. The van der Waals surface area contributed by atoms with Crippen molar-refractivity contribution in [3.8, 4) is 16.4 Å². The summed E-state index contributed by atoms with van der Waals surface area (Å²) in [4.78, 5) is 7.39. The molecule has 0 aliphatic heterocycles. The number of hydrogen-bond acceptors (Lipinski definition) is 4. The maximum Gasteiger partial charge on any atom is 0.173 e. The molecule has 0 radical (unpaired) electrons. The highest BCUT2D eigenvalue weighted by Crippen LogP contribution is 2.37. The summed E-state index contributed by atoms with van der Waals surface area (Å²) in [6, 6.07) is 2.31. The van der Waals surface area contributed by atoms with Crippen molar-refractivity contribution in [3.05, 3.63) is 34.7 Å². The first kappa shape index (κ1) is 13.7. The van der Waals surface area contributed by atoms with E-state index in [1.165, 1.54) is 34.6 Å². The standard InChI is InChI=1S/C16H19N5S/c1-10-4-5-14-12(6-10)7-15(22-14)16-18-11(2)19-21(16)13-8-17-20(3)9-13/h7-10H,4-6H2,1-3H3. The van der Waals surface area contributed by atoms with Crippen LogP contribution < -0.4 is 0 Å². The zero-order valence-electron chi connectivity index (χ0n) is 13.1. The van der Waals surface area contributed by atoms with Crippen LogP contribution in [0.5, 0.6) is 0 Å². The van der Waals surface area contributed by atoms with E-state index in [4.69, 9.17) is 0 Å². The summed E-state index contributed by atoms with van der Waals surface area (Å²) in [5.74, 6) is 2.50. The lowest BCUT2D eigenvalue weighted by atomic mass is 9.90. The molecule has 3 aromatic heterocycles. The van der Waals surface area contributed by atoms with Gasteiger partial charge in [-0.25, -0.2) is 9.67 Å². The molecule has 1 aliphatic rings. The van der Waals surface area contributed by atoms with Crippen molar-refractivity contribution in [3.63, 3.8) is 0 Å². The second-order valence-corrected chi connectivity index (χ2v) is 7.31. The van der Waals surface area contributed by atoms with E-state index < -0.39 is 0 Å². The third-order valence-corrected chi connectivity index (χ3v) is 5.43. The van der Waals surface area contributed by atoms with Gasteiger partial charge in [0.1, 0.15) is 11.5 Å². The van der Waals surface area contributed by atoms with Gasteiger partial charge in [-0.15, -0.1) is 11.3 Å². The molecule has 1 unspecified atom stereocenters. The number of aromatic nitrogens is 5. The smallest absolute Gasteiger partial charge is 0.173 e. The second kappa shape index (κ2) is 5.05. The van der Waals surface area contributed by atoms with Gasteiger partial charge in [-0.3, -0.25) is 4.68 Å². The van der Waals surface area contributed by atoms with Crippen LogP contribution in [0.4, 0.5) is 0 Å². The van der Waals surface area contributed by atoms with Crippen LogP contribution >= 0.6 is 11.3 Å². The quantitative estimate of drug-likeness (QED) is 0.730. The summed E-state index contributed by atoms with van der Waals surface area (Å²) in [6.45, 7) is 4.27. The Balaban J connectivity index is 1.80. The number of aryl methyl sites for hydroxylation is 3. The SMILES string of the molecule is Cc1nc(-c2cc3c(s2)CCC(C)C3)n(-c2cnn(C)c2)n1. The summed E-state index contributed by atoms with van der Waals surface area (Å²) in [5, 5.41) is 8.79. The fraction of sp³-hybridized carbons (Fsp3) is 0.438. The van der Waals surface area contributed by atoms with E-state index in [-0.39, 0.29) is 0 Å². The van der Waals surface area contributed by atoms with E-state index in [0.717, 1.165) is 23.3 Å². The van der Waals surface area contributed by atoms with E-state index in [2.05, 4.69) is 28.2 Å². The molecule has 3 heterocycles. The minimum Gasteiger partial charge on any atom is -0.274 e. The maximum absolute atomic E-state index is 4.65. The average molecular weight is 313 g/mol. The van der Waals surface area contributed by atoms with Crippen molar-refractivity contribution in [2.45, 2.75) is 33.1 Å². The zero-order valence-corrected chi connectivity index (χ0v) is 13.9. The summed E-state index contributed by atoms with van der Waals surface area (Å²) in [5.41, 5.74) is 2.45. The Hall–Kier alpha value is -1.95. The summed E-state index contributed by atoms with van der Waals surface area (Å²) in [6.07, 6.45) is 7.47. The molecule has 0 N–H and O–H groups in total. The molecule has 4 rings (SSSR count). The van der Waals surface area contributed by atoms with Crippen molar-refractivity contribution in [2.24, 2.45) is 13.0 Å². The first-order valence-corrected chi connectivity index (χ1v) is 8.46. The molecular formula is C16H19N5S. The van der Waals surface area contributed by atoms with Crippen LogP contribution in [0.15, 0.2) is 18.5 Å². The molecule has 1 atom stereocenters. The number of rotatable bonds is 2. The topological polar surface area (TPSA) is 48.5 Å². The first-order valence-electron chi connectivity index (χ1n) is 7.65. The predicted molar refractivity (Wildman–Crippen MR) is 87.4 cm³/mol. The molecule has 1 aliphatic carbocycles. The second-order valence-electron chi connectivity index (χ2n) is 6.17. The fourth-order valence-electron chi connectivity index (χ4n) is 3.09. The molecule has 0 aromatic carbocycles. The highest BCUT2D eigenvalue weighted by molar-refractivity contribution is 7.15. The van der Waals surface area contributed by atoms with Gasteiger partial charge in [-0.2, -0.15) is 10.2 Å². The van der Waals surface area contributed by atoms with Gasteiger partial charge in [-0.05, 0) is 43.7 Å². The van der Waals surface area contributed by atoms with Gasteiger partial charge in [0, 0.05) is 11.9 Å². The predicted octanol–water partition coefficient (Wildman–Crippen LogP) is 3.16. The fourth-order valence-corrected chi connectivity index (χ4v) is 4.27. The number of hydrogen-bond donors (Lipinski definition) is 0. The first-order chi connectivity index (χ1) is 10.6. The zero-order chi connectivity index (χ0) is 15.3. The Morgan fingerprint density at radius 3 is 3.00 bits per heavy atom. The molecule has 6 heteroatoms. The molecule has 0 spiro atoms. The van der Waals surface area contributed by atoms with Gasteiger partial charge in [0.05, 0.1) is 17.3 Å². The Kier molecular flexibility index (Phi) is 3.14. The number of fused-ring (bicyclic) bond motifs is 1.